The lowest BCUT2D eigenvalue weighted by Crippen LogP contribution is -2.54. The topological polar surface area (TPSA) is 43.8 Å². The summed E-state index contributed by atoms with van der Waals surface area (Å²) in [6.45, 7) is 0.360. The molecule has 1 unspecified atom stereocenters. The molecular weight excluding hydrogens is 309 g/mol. The van der Waals surface area contributed by atoms with Gasteiger partial charge in [0.25, 0.3) is 0 Å². The third-order valence-corrected chi connectivity index (χ3v) is 3.71. The van der Waals surface area contributed by atoms with Crippen molar-refractivity contribution >= 4 is 23.7 Å². The van der Waals surface area contributed by atoms with Crippen molar-refractivity contribution in [3.63, 3.8) is 0 Å². The van der Waals surface area contributed by atoms with Crippen LogP contribution in [-0.4, -0.2) is 48.7 Å². The maximum Gasteiger partial charge on any atom is 0.418 e. The zero-order chi connectivity index (χ0) is 15.6. The Morgan fingerprint density at radius 2 is 2.10 bits per heavy atom. The van der Waals surface area contributed by atoms with Crippen LogP contribution in [0.3, 0.4) is 0 Å². The van der Waals surface area contributed by atoms with E-state index >= 15 is 0 Å². The van der Waals surface area contributed by atoms with Crippen LogP contribution < -0.4 is 4.90 Å². The minimum absolute atomic E-state index is 0.0101. The molecule has 0 radical (unpaired) electrons. The Kier molecular flexibility index (Phi) is 4.63. The molecule has 21 heavy (non-hydrogen) atoms. The summed E-state index contributed by atoms with van der Waals surface area (Å²) in [6, 6.07) is 3.08. The molecule has 4 nitrogen and oxygen atoms in total. The predicted molar refractivity (Wildman–Crippen MR) is 72.3 cm³/mol. The van der Waals surface area contributed by atoms with E-state index in [4.69, 9.17) is 11.6 Å². The van der Waals surface area contributed by atoms with Crippen LogP contribution in [0.2, 0.25) is 5.02 Å². The number of aliphatic hydroxyl groups excluding tert-OH is 1. The van der Waals surface area contributed by atoms with Gasteiger partial charge in [0.1, 0.15) is 0 Å². The lowest BCUT2D eigenvalue weighted by Gasteiger charge is -2.40. The Bertz CT molecular complexity index is 525. The maximum atomic E-state index is 13.1. The quantitative estimate of drug-likeness (QED) is 0.866. The fourth-order valence-electron chi connectivity index (χ4n) is 2.40. The fraction of sp³-hybridized carbons (Fsp3) is 0.462. The van der Waals surface area contributed by atoms with Crippen molar-refractivity contribution in [2.24, 2.45) is 0 Å². The molecule has 0 aliphatic carbocycles. The highest BCUT2D eigenvalue weighted by molar-refractivity contribution is 6.30. The Labute approximate surface area is 124 Å². The van der Waals surface area contributed by atoms with Crippen LogP contribution in [0.25, 0.3) is 0 Å². The van der Waals surface area contributed by atoms with Crippen molar-refractivity contribution in [2.75, 3.05) is 31.1 Å². The van der Waals surface area contributed by atoms with Crippen LogP contribution in [0, 0.1) is 0 Å². The van der Waals surface area contributed by atoms with Crippen LogP contribution in [-0.2, 0) is 11.0 Å². The van der Waals surface area contributed by atoms with Crippen LogP contribution in [0.15, 0.2) is 18.2 Å². The highest BCUT2D eigenvalue weighted by Crippen LogP contribution is 2.38. The highest BCUT2D eigenvalue weighted by atomic mass is 35.5. The van der Waals surface area contributed by atoms with Crippen molar-refractivity contribution in [1.29, 1.82) is 0 Å². The average molecular weight is 323 g/mol. The zero-order valence-electron chi connectivity index (χ0n) is 11.0. The summed E-state index contributed by atoms with van der Waals surface area (Å²) in [7, 11) is 0. The third-order valence-electron chi connectivity index (χ3n) is 3.48. The number of halogens is 4. The molecule has 1 heterocycles. The number of hydrogen-bond donors (Lipinski definition) is 1. The van der Waals surface area contributed by atoms with Crippen molar-refractivity contribution in [2.45, 2.75) is 12.2 Å². The van der Waals surface area contributed by atoms with E-state index in [-0.39, 0.29) is 37.0 Å². The molecule has 8 heteroatoms. The number of aliphatic hydroxyl groups is 1. The molecule has 1 amide bonds. The van der Waals surface area contributed by atoms with Gasteiger partial charge in [-0.2, -0.15) is 13.2 Å². The predicted octanol–water partition coefficient (Wildman–Crippen LogP) is 2.00. The van der Waals surface area contributed by atoms with Gasteiger partial charge in [-0.25, -0.2) is 0 Å². The van der Waals surface area contributed by atoms with Gasteiger partial charge in [0.15, 0.2) is 0 Å². The van der Waals surface area contributed by atoms with Crippen LogP contribution in [0.5, 0.6) is 0 Å². The van der Waals surface area contributed by atoms with Crippen molar-refractivity contribution < 1.29 is 23.1 Å². The fourth-order valence-corrected chi connectivity index (χ4v) is 2.57. The molecule has 1 fully saturated rings. The molecule has 0 bridgehead atoms. The summed E-state index contributed by atoms with van der Waals surface area (Å²) < 4.78 is 39.3. The van der Waals surface area contributed by atoms with Gasteiger partial charge in [0.05, 0.1) is 18.2 Å². The monoisotopic (exact) mass is 322 g/mol. The largest absolute Gasteiger partial charge is 0.418 e. The first kappa shape index (κ1) is 15.9. The number of anilines is 1. The number of amides is 1. The number of rotatable bonds is 3. The average Bonchev–Trinajstić information content (AvgIpc) is 2.45. The summed E-state index contributed by atoms with van der Waals surface area (Å²) in [5.74, 6) is 0. The third kappa shape index (κ3) is 3.41. The van der Waals surface area contributed by atoms with Crippen LogP contribution in [0.1, 0.15) is 5.56 Å². The molecule has 1 aliphatic rings. The lowest BCUT2D eigenvalue weighted by molar-refractivity contribution is -0.137. The number of carbonyl (C=O) groups excluding carboxylic acids is 1. The van der Waals surface area contributed by atoms with Gasteiger partial charge in [-0.1, -0.05) is 11.6 Å². The summed E-state index contributed by atoms with van der Waals surface area (Å²) in [4.78, 5) is 13.7. The minimum Gasteiger partial charge on any atom is -0.394 e. The Balaban J connectivity index is 2.32. The number of carbonyl (C=O) groups is 1. The molecule has 2 rings (SSSR count). The van der Waals surface area contributed by atoms with Crippen molar-refractivity contribution in [3.8, 4) is 0 Å². The van der Waals surface area contributed by atoms with E-state index in [9.17, 15) is 23.1 Å². The standard InChI is InChI=1S/C13H14ClF3N2O2/c14-9-1-2-12(11(5-9)13(15,16)17)18-3-4-19(8-21)10(6-18)7-20/h1-2,5,8,10,20H,3-4,6-7H2. The van der Waals surface area contributed by atoms with E-state index in [1.807, 2.05) is 0 Å². The van der Waals surface area contributed by atoms with Gasteiger partial charge in [-0.05, 0) is 18.2 Å². The van der Waals surface area contributed by atoms with E-state index in [1.54, 1.807) is 0 Å². The van der Waals surface area contributed by atoms with Gasteiger partial charge in [0, 0.05) is 30.3 Å². The number of nitrogens with zero attached hydrogens (tertiary/aromatic N) is 2. The first-order valence-electron chi connectivity index (χ1n) is 6.30. The molecule has 1 saturated heterocycles. The zero-order valence-corrected chi connectivity index (χ0v) is 11.7. The molecule has 1 aliphatic heterocycles. The highest BCUT2D eigenvalue weighted by Gasteiger charge is 2.36. The molecule has 0 aromatic heterocycles. The summed E-state index contributed by atoms with van der Waals surface area (Å²) in [6.07, 6.45) is -3.92. The number of hydrogen-bond acceptors (Lipinski definition) is 3. The summed E-state index contributed by atoms with van der Waals surface area (Å²) >= 11 is 5.65. The number of benzene rings is 1. The second-order valence-electron chi connectivity index (χ2n) is 4.78. The van der Waals surface area contributed by atoms with Crippen molar-refractivity contribution in [1.82, 2.24) is 4.90 Å². The maximum absolute atomic E-state index is 13.1. The molecular formula is C13H14ClF3N2O2. The Morgan fingerprint density at radius 3 is 2.67 bits per heavy atom. The molecule has 116 valence electrons. The van der Waals surface area contributed by atoms with Crippen LogP contribution in [0.4, 0.5) is 18.9 Å². The SMILES string of the molecule is O=CN1CCN(c2ccc(Cl)cc2C(F)(F)F)CC1CO. The van der Waals surface area contributed by atoms with Crippen molar-refractivity contribution in [3.05, 3.63) is 28.8 Å². The molecule has 1 aromatic carbocycles. The minimum atomic E-state index is -4.52. The Morgan fingerprint density at radius 1 is 1.38 bits per heavy atom. The summed E-state index contributed by atoms with van der Waals surface area (Å²) in [5.41, 5.74) is -0.804. The first-order chi connectivity index (χ1) is 9.86. The van der Waals surface area contributed by atoms with E-state index in [2.05, 4.69) is 0 Å². The second-order valence-corrected chi connectivity index (χ2v) is 5.22. The molecule has 0 spiro atoms. The second kappa shape index (κ2) is 6.11. The van der Waals surface area contributed by atoms with Crippen LogP contribution >= 0.6 is 11.6 Å². The molecule has 1 N–H and O–H groups in total. The van der Waals surface area contributed by atoms with Gasteiger partial charge in [-0.15, -0.1) is 0 Å². The van der Waals surface area contributed by atoms with Gasteiger partial charge < -0.3 is 14.9 Å². The van der Waals surface area contributed by atoms with E-state index in [0.29, 0.717) is 6.41 Å². The Hall–Kier alpha value is -1.47. The van der Waals surface area contributed by atoms with Gasteiger partial charge in [-0.3, -0.25) is 4.79 Å². The van der Waals surface area contributed by atoms with E-state index in [0.717, 1.165) is 6.07 Å². The van der Waals surface area contributed by atoms with Gasteiger partial charge in [0.2, 0.25) is 6.41 Å². The van der Waals surface area contributed by atoms with E-state index < -0.39 is 17.8 Å². The number of alkyl halides is 3. The van der Waals surface area contributed by atoms with E-state index in [1.165, 1.54) is 21.9 Å². The van der Waals surface area contributed by atoms with Gasteiger partial charge >= 0.3 is 6.18 Å². The molecule has 0 saturated carbocycles. The molecule has 1 atom stereocenters. The molecule has 1 aromatic rings. The smallest absolute Gasteiger partial charge is 0.394 e. The number of piperazine rings is 1. The summed E-state index contributed by atoms with van der Waals surface area (Å²) in [5, 5.41) is 9.27. The first-order valence-corrected chi connectivity index (χ1v) is 6.68. The lowest BCUT2D eigenvalue weighted by atomic mass is 10.1. The normalized spacial score (nSPS) is 19.8.